The van der Waals surface area contributed by atoms with Crippen LogP contribution in [0.25, 0.3) is 0 Å². The summed E-state index contributed by atoms with van der Waals surface area (Å²) in [7, 11) is 1.88. The zero-order valence-corrected chi connectivity index (χ0v) is 12.0. The Morgan fingerprint density at radius 1 is 1.35 bits per heavy atom. The number of aliphatic hydroxyl groups is 1. The van der Waals surface area contributed by atoms with Crippen molar-refractivity contribution in [3.05, 3.63) is 47.2 Å². The van der Waals surface area contributed by atoms with Crippen LogP contribution in [0.4, 0.5) is 5.82 Å². The van der Waals surface area contributed by atoms with Gasteiger partial charge in [-0.25, -0.2) is 0 Å². The Morgan fingerprint density at radius 2 is 2.05 bits per heavy atom. The molecular weight excluding hydrogens is 252 g/mol. The smallest absolute Gasteiger partial charge is 0.129 e. The van der Waals surface area contributed by atoms with Gasteiger partial charge in [0.05, 0.1) is 18.3 Å². The van der Waals surface area contributed by atoms with Crippen molar-refractivity contribution < 1.29 is 5.11 Å². The van der Waals surface area contributed by atoms with E-state index in [4.69, 9.17) is 5.73 Å². The molecule has 5 nitrogen and oxygen atoms in total. The zero-order chi connectivity index (χ0) is 14.5. The van der Waals surface area contributed by atoms with Crippen molar-refractivity contribution in [1.82, 2.24) is 9.78 Å². The highest BCUT2D eigenvalue weighted by atomic mass is 16.3. The molecule has 2 rings (SSSR count). The highest BCUT2D eigenvalue weighted by Crippen LogP contribution is 2.19. The van der Waals surface area contributed by atoms with E-state index in [9.17, 15) is 5.11 Å². The predicted octanol–water partition coefficient (Wildman–Crippen LogP) is 1.20. The molecule has 20 heavy (non-hydrogen) atoms. The average molecular weight is 274 g/mol. The lowest BCUT2D eigenvalue weighted by Gasteiger charge is -2.19. The number of nitrogens with zero attached hydrogens (tertiary/aromatic N) is 2. The van der Waals surface area contributed by atoms with Crippen molar-refractivity contribution in [2.45, 2.75) is 25.9 Å². The molecule has 5 heteroatoms. The third-order valence-corrected chi connectivity index (χ3v) is 3.44. The lowest BCUT2D eigenvalue weighted by molar-refractivity contribution is 0.273. The van der Waals surface area contributed by atoms with Crippen LogP contribution in [0.2, 0.25) is 0 Å². The Bertz CT molecular complexity index is 551. The van der Waals surface area contributed by atoms with Gasteiger partial charge in [-0.1, -0.05) is 30.3 Å². The molecule has 108 valence electrons. The molecule has 1 atom stereocenters. The summed E-state index contributed by atoms with van der Waals surface area (Å²) in [5.41, 5.74) is 8.89. The Kier molecular flexibility index (Phi) is 4.76. The number of nitrogens with one attached hydrogen (secondary N) is 1. The van der Waals surface area contributed by atoms with Crippen LogP contribution in [0.15, 0.2) is 30.3 Å². The van der Waals surface area contributed by atoms with Crippen LogP contribution < -0.4 is 11.1 Å². The van der Waals surface area contributed by atoms with Crippen LogP contribution in [0.3, 0.4) is 0 Å². The van der Waals surface area contributed by atoms with Crippen LogP contribution in [0.1, 0.15) is 16.8 Å². The van der Waals surface area contributed by atoms with E-state index < -0.39 is 0 Å². The second-order valence-corrected chi connectivity index (χ2v) is 4.95. The van der Waals surface area contributed by atoms with Crippen molar-refractivity contribution in [3.63, 3.8) is 0 Å². The minimum atomic E-state index is -0.0579. The molecular formula is C15H22N4O. The van der Waals surface area contributed by atoms with E-state index in [0.29, 0.717) is 6.54 Å². The van der Waals surface area contributed by atoms with Gasteiger partial charge in [0.15, 0.2) is 0 Å². The largest absolute Gasteiger partial charge is 0.394 e. The average Bonchev–Trinajstić information content (AvgIpc) is 2.73. The Labute approximate surface area is 119 Å². The van der Waals surface area contributed by atoms with E-state index in [1.165, 1.54) is 5.56 Å². The second kappa shape index (κ2) is 6.54. The maximum absolute atomic E-state index is 9.59. The van der Waals surface area contributed by atoms with Crippen molar-refractivity contribution in [3.8, 4) is 0 Å². The van der Waals surface area contributed by atoms with Gasteiger partial charge < -0.3 is 16.2 Å². The van der Waals surface area contributed by atoms with Gasteiger partial charge in [0.25, 0.3) is 0 Å². The van der Waals surface area contributed by atoms with Crippen LogP contribution in [0.5, 0.6) is 0 Å². The first-order valence-corrected chi connectivity index (χ1v) is 6.79. The van der Waals surface area contributed by atoms with Gasteiger partial charge in [-0.05, 0) is 18.9 Å². The molecule has 0 radical (unpaired) electrons. The van der Waals surface area contributed by atoms with Crippen LogP contribution >= 0.6 is 0 Å². The Morgan fingerprint density at radius 3 is 2.65 bits per heavy atom. The van der Waals surface area contributed by atoms with Gasteiger partial charge in [-0.3, -0.25) is 4.68 Å². The lowest BCUT2D eigenvalue weighted by Crippen LogP contribution is -2.28. The molecule has 0 aliphatic carbocycles. The van der Waals surface area contributed by atoms with Gasteiger partial charge in [-0.15, -0.1) is 0 Å². The third kappa shape index (κ3) is 3.18. The monoisotopic (exact) mass is 274 g/mol. The first kappa shape index (κ1) is 14.6. The van der Waals surface area contributed by atoms with E-state index in [1.807, 2.05) is 32.2 Å². The molecule has 1 heterocycles. The molecule has 0 fully saturated rings. The molecule has 0 spiro atoms. The molecule has 4 N–H and O–H groups in total. The van der Waals surface area contributed by atoms with E-state index in [2.05, 4.69) is 22.5 Å². The number of aryl methyl sites for hydroxylation is 2. The number of hydrogen-bond donors (Lipinski definition) is 3. The summed E-state index contributed by atoms with van der Waals surface area (Å²) in [4.78, 5) is 0. The van der Waals surface area contributed by atoms with Crippen molar-refractivity contribution in [2.75, 3.05) is 11.9 Å². The number of nitrogens with two attached hydrogens (primary N) is 1. The first-order chi connectivity index (χ1) is 9.65. The number of aromatic nitrogens is 2. The van der Waals surface area contributed by atoms with Gasteiger partial charge in [0.2, 0.25) is 0 Å². The molecule has 1 aromatic heterocycles. The van der Waals surface area contributed by atoms with Crippen molar-refractivity contribution >= 4 is 5.82 Å². The summed E-state index contributed by atoms with van der Waals surface area (Å²) in [6.07, 6.45) is 0.756. The summed E-state index contributed by atoms with van der Waals surface area (Å²) in [5, 5.41) is 17.3. The van der Waals surface area contributed by atoms with Gasteiger partial charge in [0, 0.05) is 19.2 Å². The van der Waals surface area contributed by atoms with E-state index in [-0.39, 0.29) is 12.6 Å². The normalized spacial score (nSPS) is 12.4. The van der Waals surface area contributed by atoms with Gasteiger partial charge >= 0.3 is 0 Å². The fourth-order valence-electron chi connectivity index (χ4n) is 2.38. The molecule has 0 amide bonds. The molecule has 0 bridgehead atoms. The second-order valence-electron chi connectivity index (χ2n) is 4.95. The molecule has 1 unspecified atom stereocenters. The van der Waals surface area contributed by atoms with Gasteiger partial charge in [-0.2, -0.15) is 5.10 Å². The Hall–Kier alpha value is -1.85. The molecule has 0 aliphatic rings. The molecule has 2 aromatic rings. The van der Waals surface area contributed by atoms with Crippen LogP contribution in [0, 0.1) is 6.92 Å². The SMILES string of the molecule is Cc1nn(C)c(NC(CO)Cc2ccccc2)c1CN. The summed E-state index contributed by atoms with van der Waals surface area (Å²) in [6.45, 7) is 2.44. The number of anilines is 1. The predicted molar refractivity (Wildman–Crippen MR) is 80.5 cm³/mol. The molecule has 1 aromatic carbocycles. The highest BCUT2D eigenvalue weighted by Gasteiger charge is 2.16. The number of aliphatic hydroxyl groups excluding tert-OH is 1. The van der Waals surface area contributed by atoms with Crippen LogP contribution in [-0.2, 0) is 20.0 Å². The summed E-state index contributed by atoms with van der Waals surface area (Å²) < 4.78 is 1.78. The maximum atomic E-state index is 9.59. The van der Waals surface area contributed by atoms with E-state index in [0.717, 1.165) is 23.5 Å². The van der Waals surface area contributed by atoms with E-state index in [1.54, 1.807) is 4.68 Å². The summed E-state index contributed by atoms with van der Waals surface area (Å²) >= 11 is 0. The van der Waals surface area contributed by atoms with E-state index >= 15 is 0 Å². The minimum Gasteiger partial charge on any atom is -0.394 e. The minimum absolute atomic E-state index is 0.0579. The van der Waals surface area contributed by atoms with Crippen molar-refractivity contribution in [2.24, 2.45) is 12.8 Å². The maximum Gasteiger partial charge on any atom is 0.129 e. The van der Waals surface area contributed by atoms with Crippen LogP contribution in [-0.4, -0.2) is 27.5 Å². The standard InChI is InChI=1S/C15H22N4O/c1-11-14(9-16)15(19(2)18-11)17-13(10-20)8-12-6-4-3-5-7-12/h3-7,13,17,20H,8-10,16H2,1-2H3. The molecule has 0 saturated carbocycles. The number of rotatable bonds is 6. The molecule has 0 aliphatic heterocycles. The topological polar surface area (TPSA) is 76.1 Å². The zero-order valence-electron chi connectivity index (χ0n) is 12.0. The highest BCUT2D eigenvalue weighted by molar-refractivity contribution is 5.48. The summed E-state index contributed by atoms with van der Waals surface area (Å²) in [6, 6.07) is 10.1. The molecule has 0 saturated heterocycles. The number of benzene rings is 1. The van der Waals surface area contributed by atoms with Gasteiger partial charge in [0.1, 0.15) is 5.82 Å². The fourth-order valence-corrected chi connectivity index (χ4v) is 2.38. The third-order valence-electron chi connectivity index (χ3n) is 3.44. The number of hydrogen-bond acceptors (Lipinski definition) is 4. The first-order valence-electron chi connectivity index (χ1n) is 6.79. The quantitative estimate of drug-likeness (QED) is 0.740. The fraction of sp³-hybridized carbons (Fsp3) is 0.400. The lowest BCUT2D eigenvalue weighted by atomic mass is 10.1. The Balaban J connectivity index is 2.14. The van der Waals surface area contributed by atoms with Crippen molar-refractivity contribution in [1.29, 1.82) is 0 Å². The summed E-state index contributed by atoms with van der Waals surface area (Å²) in [5.74, 6) is 0.889.